The summed E-state index contributed by atoms with van der Waals surface area (Å²) in [7, 11) is -1.34. The number of hydrogen-bond donors (Lipinski definition) is 1. The first-order chi connectivity index (χ1) is 12.6. The van der Waals surface area contributed by atoms with Crippen LogP contribution in [0.2, 0.25) is 0 Å². The summed E-state index contributed by atoms with van der Waals surface area (Å²) in [6.45, 7) is 6.45. The molecule has 1 N–H and O–H groups in total. The van der Waals surface area contributed by atoms with Gasteiger partial charge < -0.3 is 5.32 Å². The van der Waals surface area contributed by atoms with Crippen molar-refractivity contribution in [2.24, 2.45) is 0 Å². The molecule has 2 atom stereocenters. The van der Waals surface area contributed by atoms with Gasteiger partial charge in [-0.25, -0.2) is 0 Å². The summed E-state index contributed by atoms with van der Waals surface area (Å²) in [6, 6.07) is 17.1. The minimum Gasteiger partial charge on any atom is -0.322 e. The van der Waals surface area contributed by atoms with Gasteiger partial charge in [-0.2, -0.15) is 0 Å². The van der Waals surface area contributed by atoms with Crippen LogP contribution in [0.25, 0.3) is 0 Å². The summed E-state index contributed by atoms with van der Waals surface area (Å²) >= 11 is 0. The third-order valence-corrected chi connectivity index (χ3v) is 11.3. The molecule has 2 nitrogen and oxygen atoms in total. The van der Waals surface area contributed by atoms with Gasteiger partial charge in [0, 0.05) is 12.9 Å². The van der Waals surface area contributed by atoms with Gasteiger partial charge in [-0.1, -0.05) is 48.5 Å². The van der Waals surface area contributed by atoms with Gasteiger partial charge in [-0.3, -0.25) is 4.79 Å². The van der Waals surface area contributed by atoms with Gasteiger partial charge in [-0.15, -0.1) is 0 Å². The number of nitrogens with one attached hydrogen (secondary N) is 1. The molecule has 1 aliphatic heterocycles. The van der Waals surface area contributed by atoms with Crippen LogP contribution in [-0.4, -0.2) is 24.4 Å². The van der Waals surface area contributed by atoms with Crippen LogP contribution in [0.5, 0.6) is 0 Å². The smallest absolute Gasteiger partial charge is 0.261 e. The fourth-order valence-electron chi connectivity index (χ4n) is 4.51. The van der Waals surface area contributed by atoms with Gasteiger partial charge in [0.2, 0.25) is 0 Å². The molecule has 1 saturated heterocycles. The lowest BCUT2D eigenvalue weighted by atomic mass is 10.1. The lowest BCUT2D eigenvalue weighted by molar-refractivity contribution is -0.113. The van der Waals surface area contributed by atoms with Crippen molar-refractivity contribution < 1.29 is 4.79 Å². The highest BCUT2D eigenvalue weighted by atomic mass is 31.2. The number of benzene rings is 2. The molecule has 1 heterocycles. The van der Waals surface area contributed by atoms with E-state index < -0.39 is 7.26 Å². The number of carbonyl (C=O) groups is 1. The van der Waals surface area contributed by atoms with E-state index in [0.29, 0.717) is 5.66 Å². The Labute approximate surface area is 158 Å². The number of carbonyl (C=O) groups excluding carboxylic acids is 1. The van der Waals surface area contributed by atoms with Crippen LogP contribution in [-0.2, 0) is 4.79 Å². The topological polar surface area (TPSA) is 29.1 Å². The molecule has 3 rings (SSSR count). The standard InChI is InChI=1S/C23H30NOP/c1-4-26(16-9-8-15-21(26)20-13-6-5-7-14-20)17-22(25)24-23-18(2)11-10-12-19(23)3/h5-7,10-14,21H,4,8-9,15-17H2,1-3H3/p+1. The Morgan fingerprint density at radius 1 is 1.04 bits per heavy atom. The summed E-state index contributed by atoms with van der Waals surface area (Å²) < 4.78 is 0. The van der Waals surface area contributed by atoms with E-state index in [9.17, 15) is 4.79 Å². The first-order valence-electron chi connectivity index (χ1n) is 9.82. The van der Waals surface area contributed by atoms with Crippen LogP contribution in [0.15, 0.2) is 48.5 Å². The molecule has 138 valence electrons. The van der Waals surface area contributed by atoms with Gasteiger partial charge in [0.25, 0.3) is 5.91 Å². The largest absolute Gasteiger partial charge is 0.322 e. The number of amides is 1. The zero-order chi connectivity index (χ0) is 18.6. The minimum absolute atomic E-state index is 0.209. The molecular weight excluding hydrogens is 337 g/mol. The molecule has 2 unspecified atom stereocenters. The molecular formula is C23H31NOP+. The molecule has 2 aromatic carbocycles. The second-order valence-corrected chi connectivity index (χ2v) is 12.1. The highest BCUT2D eigenvalue weighted by Gasteiger charge is 2.48. The summed E-state index contributed by atoms with van der Waals surface area (Å²) in [5.41, 5.74) is 5.32. The van der Waals surface area contributed by atoms with Crippen LogP contribution >= 0.6 is 7.26 Å². The van der Waals surface area contributed by atoms with Crippen molar-refractivity contribution in [3.8, 4) is 0 Å². The highest BCUT2D eigenvalue weighted by molar-refractivity contribution is 7.77. The number of para-hydroxylation sites is 1. The number of aryl methyl sites for hydroxylation is 2. The first-order valence-corrected chi connectivity index (χ1v) is 12.2. The molecule has 2 aromatic rings. The summed E-state index contributed by atoms with van der Waals surface area (Å²) in [6.07, 6.45) is 6.94. The van der Waals surface area contributed by atoms with Crippen molar-refractivity contribution in [1.82, 2.24) is 0 Å². The summed E-state index contributed by atoms with van der Waals surface area (Å²) in [5.74, 6) is 0.209. The zero-order valence-corrected chi connectivity index (χ0v) is 17.2. The Balaban J connectivity index is 1.83. The van der Waals surface area contributed by atoms with Crippen molar-refractivity contribution >= 4 is 18.9 Å². The quantitative estimate of drug-likeness (QED) is 0.625. The van der Waals surface area contributed by atoms with Crippen molar-refractivity contribution in [2.75, 3.05) is 23.8 Å². The molecule has 3 heteroatoms. The fraction of sp³-hybridized carbons (Fsp3) is 0.435. The summed E-state index contributed by atoms with van der Waals surface area (Å²) in [5, 5.41) is 3.25. The van der Waals surface area contributed by atoms with E-state index in [1.165, 1.54) is 31.0 Å². The van der Waals surface area contributed by atoms with Crippen LogP contribution in [0.1, 0.15) is 48.5 Å². The van der Waals surface area contributed by atoms with Gasteiger partial charge in [0.15, 0.2) is 0 Å². The molecule has 0 radical (unpaired) electrons. The first kappa shape index (κ1) is 19.1. The van der Waals surface area contributed by atoms with Crippen molar-refractivity contribution in [1.29, 1.82) is 0 Å². The average Bonchev–Trinajstić information content (AvgIpc) is 2.66. The highest BCUT2D eigenvalue weighted by Crippen LogP contribution is 2.73. The van der Waals surface area contributed by atoms with Crippen molar-refractivity contribution in [2.45, 2.75) is 45.7 Å². The molecule has 1 fully saturated rings. The molecule has 26 heavy (non-hydrogen) atoms. The maximum absolute atomic E-state index is 13.0. The summed E-state index contributed by atoms with van der Waals surface area (Å²) in [4.78, 5) is 13.0. The molecule has 0 aromatic heterocycles. The molecule has 0 aliphatic carbocycles. The number of rotatable bonds is 5. The Morgan fingerprint density at radius 3 is 2.38 bits per heavy atom. The van der Waals surface area contributed by atoms with Crippen LogP contribution in [0.4, 0.5) is 5.69 Å². The van der Waals surface area contributed by atoms with Crippen molar-refractivity contribution in [3.05, 3.63) is 65.2 Å². The maximum atomic E-state index is 13.0. The Morgan fingerprint density at radius 2 is 1.73 bits per heavy atom. The second kappa shape index (κ2) is 8.35. The van der Waals surface area contributed by atoms with Gasteiger partial charge in [-0.05, 0) is 56.7 Å². The molecule has 1 aliphatic rings. The van der Waals surface area contributed by atoms with Gasteiger partial charge in [0.1, 0.15) is 6.16 Å². The lowest BCUT2D eigenvalue weighted by Crippen LogP contribution is -2.27. The van der Waals surface area contributed by atoms with E-state index in [2.05, 4.69) is 68.6 Å². The fourth-order valence-corrected chi connectivity index (χ4v) is 9.22. The Bertz CT molecular complexity index is 738. The Kier molecular flexibility index (Phi) is 6.14. The molecule has 0 saturated carbocycles. The van der Waals surface area contributed by atoms with E-state index in [0.717, 1.165) is 29.1 Å². The third-order valence-electron chi connectivity index (χ3n) is 6.01. The van der Waals surface area contributed by atoms with Crippen molar-refractivity contribution in [3.63, 3.8) is 0 Å². The van der Waals surface area contributed by atoms with E-state index in [4.69, 9.17) is 0 Å². The average molecular weight is 368 g/mol. The van der Waals surface area contributed by atoms with Gasteiger partial charge >= 0.3 is 0 Å². The maximum Gasteiger partial charge on any atom is 0.261 e. The van der Waals surface area contributed by atoms with Crippen LogP contribution < -0.4 is 5.32 Å². The normalized spacial score (nSPS) is 22.8. The minimum atomic E-state index is -1.34. The van der Waals surface area contributed by atoms with E-state index in [1.807, 2.05) is 6.07 Å². The molecule has 1 amide bonds. The van der Waals surface area contributed by atoms with E-state index >= 15 is 0 Å². The van der Waals surface area contributed by atoms with E-state index in [-0.39, 0.29) is 5.91 Å². The molecule has 0 spiro atoms. The SMILES string of the molecule is CC[P+]1(CC(=O)Nc2c(C)cccc2C)CCCCC1c1ccccc1. The third kappa shape index (κ3) is 4.01. The van der Waals surface area contributed by atoms with Crippen LogP contribution in [0, 0.1) is 13.8 Å². The zero-order valence-electron chi connectivity index (χ0n) is 16.3. The number of hydrogen-bond acceptors (Lipinski definition) is 1. The molecule has 0 bridgehead atoms. The van der Waals surface area contributed by atoms with Gasteiger partial charge in [0.05, 0.1) is 18.0 Å². The Hall–Kier alpha value is -1.66. The lowest BCUT2D eigenvalue weighted by Gasteiger charge is -2.37. The predicted molar refractivity (Wildman–Crippen MR) is 115 cm³/mol. The predicted octanol–water partition coefficient (Wildman–Crippen LogP) is 6.20. The van der Waals surface area contributed by atoms with Crippen LogP contribution in [0.3, 0.4) is 0 Å². The van der Waals surface area contributed by atoms with E-state index in [1.54, 1.807) is 0 Å². The second-order valence-electron chi connectivity index (χ2n) is 7.65. The number of anilines is 1. The monoisotopic (exact) mass is 368 g/mol.